The van der Waals surface area contributed by atoms with Crippen LogP contribution >= 0.6 is 15.9 Å². The van der Waals surface area contributed by atoms with E-state index in [4.69, 9.17) is 0 Å². The predicted molar refractivity (Wildman–Crippen MR) is 103 cm³/mol. The van der Waals surface area contributed by atoms with Crippen molar-refractivity contribution in [2.24, 2.45) is 0 Å². The smallest absolute Gasteiger partial charge is 0.251 e. The number of benzene rings is 2. The average Bonchev–Trinajstić information content (AvgIpc) is 3.14. The van der Waals surface area contributed by atoms with Crippen LogP contribution in [0.25, 0.3) is 0 Å². The maximum absolute atomic E-state index is 12.2. The van der Waals surface area contributed by atoms with E-state index < -0.39 is 0 Å². The fourth-order valence-electron chi connectivity index (χ4n) is 2.90. The molecular weight excluding hydrogens is 382 g/mol. The highest BCUT2D eigenvalue weighted by Crippen LogP contribution is 2.28. The summed E-state index contributed by atoms with van der Waals surface area (Å²) in [5.41, 5.74) is 2.33. The van der Waals surface area contributed by atoms with Crippen LogP contribution in [-0.4, -0.2) is 31.4 Å². The van der Waals surface area contributed by atoms with Crippen molar-refractivity contribution in [3.63, 3.8) is 0 Å². The second-order valence-electron chi connectivity index (χ2n) is 5.95. The van der Waals surface area contributed by atoms with E-state index in [1.165, 1.54) is 12.8 Å². The van der Waals surface area contributed by atoms with Crippen LogP contribution in [0.1, 0.15) is 23.2 Å². The summed E-state index contributed by atoms with van der Waals surface area (Å²) in [6.45, 7) is 1.94. The fourth-order valence-corrected chi connectivity index (χ4v) is 3.30. The Balaban J connectivity index is 1.59. The predicted octanol–water partition coefficient (Wildman–Crippen LogP) is 3.42. The summed E-state index contributed by atoms with van der Waals surface area (Å²) in [5.74, 6) is -0.515. The van der Waals surface area contributed by atoms with E-state index in [9.17, 15) is 9.59 Å². The van der Waals surface area contributed by atoms with E-state index >= 15 is 0 Å². The average molecular weight is 402 g/mol. The van der Waals surface area contributed by atoms with Crippen LogP contribution in [0.2, 0.25) is 0 Å². The highest BCUT2D eigenvalue weighted by atomic mass is 79.9. The van der Waals surface area contributed by atoms with E-state index in [0.29, 0.717) is 5.56 Å². The van der Waals surface area contributed by atoms with Gasteiger partial charge in [0, 0.05) is 23.1 Å². The summed E-state index contributed by atoms with van der Waals surface area (Å²) in [6, 6.07) is 14.8. The number of hydrogen-bond acceptors (Lipinski definition) is 3. The maximum atomic E-state index is 12.2. The third-order valence-corrected chi connectivity index (χ3v) is 4.61. The number of nitrogens with zero attached hydrogens (tertiary/aromatic N) is 1. The number of hydrogen-bond donors (Lipinski definition) is 2. The zero-order valence-corrected chi connectivity index (χ0v) is 15.4. The molecule has 2 aromatic carbocycles. The lowest BCUT2D eigenvalue weighted by molar-refractivity contribution is -0.115. The Kier molecular flexibility index (Phi) is 5.71. The Morgan fingerprint density at radius 3 is 2.56 bits per heavy atom. The van der Waals surface area contributed by atoms with Gasteiger partial charge in [-0.3, -0.25) is 9.59 Å². The topological polar surface area (TPSA) is 61.4 Å². The Morgan fingerprint density at radius 1 is 1.04 bits per heavy atom. The molecule has 2 aromatic rings. The fraction of sp³-hybridized carbons (Fsp3) is 0.263. The van der Waals surface area contributed by atoms with Crippen LogP contribution in [0.4, 0.5) is 11.4 Å². The molecule has 1 fully saturated rings. The molecule has 1 saturated heterocycles. The quantitative estimate of drug-likeness (QED) is 0.806. The number of carbonyl (C=O) groups excluding carboxylic acids is 2. The Hall–Kier alpha value is -2.34. The van der Waals surface area contributed by atoms with Crippen molar-refractivity contribution in [1.82, 2.24) is 5.32 Å². The summed E-state index contributed by atoms with van der Waals surface area (Å²) in [6.07, 6.45) is 2.34. The van der Waals surface area contributed by atoms with Gasteiger partial charge in [0.15, 0.2) is 0 Å². The van der Waals surface area contributed by atoms with Gasteiger partial charge in [0.2, 0.25) is 5.91 Å². The molecule has 1 aliphatic rings. The largest absolute Gasteiger partial charge is 0.370 e. The van der Waals surface area contributed by atoms with Gasteiger partial charge < -0.3 is 15.5 Å². The van der Waals surface area contributed by atoms with Gasteiger partial charge in [-0.1, -0.05) is 34.1 Å². The Labute approximate surface area is 155 Å². The van der Waals surface area contributed by atoms with Crippen LogP contribution in [0.5, 0.6) is 0 Å². The first-order valence-corrected chi connectivity index (χ1v) is 9.10. The molecule has 25 heavy (non-hydrogen) atoms. The van der Waals surface area contributed by atoms with Crippen molar-refractivity contribution in [3.05, 3.63) is 58.6 Å². The first-order valence-electron chi connectivity index (χ1n) is 8.31. The minimum Gasteiger partial charge on any atom is -0.370 e. The number of nitrogens with one attached hydrogen (secondary N) is 2. The third-order valence-electron chi connectivity index (χ3n) is 4.12. The third kappa shape index (κ3) is 4.60. The summed E-state index contributed by atoms with van der Waals surface area (Å²) in [4.78, 5) is 26.6. The summed E-state index contributed by atoms with van der Waals surface area (Å²) >= 11 is 3.33. The summed E-state index contributed by atoms with van der Waals surface area (Å²) < 4.78 is 0.823. The normalized spacial score (nSPS) is 13.6. The molecule has 0 spiro atoms. The van der Waals surface area contributed by atoms with Gasteiger partial charge >= 0.3 is 0 Å². The molecule has 0 atom stereocenters. The lowest BCUT2D eigenvalue weighted by Gasteiger charge is -2.21. The molecular formula is C19H20BrN3O2. The number of anilines is 2. The van der Waals surface area contributed by atoms with Gasteiger partial charge in [-0.15, -0.1) is 0 Å². The molecule has 1 aliphatic heterocycles. The number of carbonyl (C=O) groups is 2. The molecule has 2 amide bonds. The minimum atomic E-state index is -0.274. The number of amides is 2. The highest BCUT2D eigenvalue weighted by molar-refractivity contribution is 9.10. The number of rotatable bonds is 5. The molecule has 6 heteroatoms. The monoisotopic (exact) mass is 401 g/mol. The van der Waals surface area contributed by atoms with Crippen molar-refractivity contribution in [3.8, 4) is 0 Å². The van der Waals surface area contributed by atoms with E-state index in [2.05, 4.69) is 31.5 Å². The standard InChI is InChI=1S/C19H20BrN3O2/c20-15-7-5-6-14(12-15)19(25)21-13-18(24)22-16-8-1-2-9-17(16)23-10-3-4-11-23/h1-2,5-9,12H,3-4,10-11,13H2,(H,21,25)(H,22,24). The van der Waals surface area contributed by atoms with E-state index in [1.54, 1.807) is 18.2 Å². The van der Waals surface area contributed by atoms with Crippen LogP contribution in [0, 0.1) is 0 Å². The summed E-state index contributed by atoms with van der Waals surface area (Å²) in [7, 11) is 0. The lowest BCUT2D eigenvalue weighted by Crippen LogP contribution is -2.33. The van der Waals surface area contributed by atoms with Crippen molar-refractivity contribution < 1.29 is 9.59 Å². The van der Waals surface area contributed by atoms with Gasteiger partial charge in [-0.2, -0.15) is 0 Å². The SMILES string of the molecule is O=C(CNC(=O)c1cccc(Br)c1)Nc1ccccc1N1CCCC1. The van der Waals surface area contributed by atoms with Gasteiger partial charge in [-0.05, 0) is 43.2 Å². The zero-order valence-electron chi connectivity index (χ0n) is 13.8. The van der Waals surface area contributed by atoms with Gasteiger partial charge in [0.05, 0.1) is 17.9 Å². The molecule has 130 valence electrons. The lowest BCUT2D eigenvalue weighted by atomic mass is 10.2. The second kappa shape index (κ2) is 8.16. The van der Waals surface area contributed by atoms with Crippen LogP contribution in [0.3, 0.4) is 0 Å². The summed E-state index contributed by atoms with van der Waals surface area (Å²) in [5, 5.41) is 5.55. The molecule has 0 aliphatic carbocycles. The molecule has 0 radical (unpaired) electrons. The van der Waals surface area contributed by atoms with Crippen molar-refractivity contribution in [1.29, 1.82) is 0 Å². The van der Waals surface area contributed by atoms with Crippen LogP contribution in [-0.2, 0) is 4.79 Å². The molecule has 3 rings (SSSR count). The number of halogens is 1. The first kappa shape index (κ1) is 17.5. The van der Waals surface area contributed by atoms with Crippen LogP contribution in [0.15, 0.2) is 53.0 Å². The molecule has 0 unspecified atom stereocenters. The molecule has 2 N–H and O–H groups in total. The second-order valence-corrected chi connectivity index (χ2v) is 6.87. The van der Waals surface area contributed by atoms with Gasteiger partial charge in [0.1, 0.15) is 0 Å². The van der Waals surface area contributed by atoms with Crippen LogP contribution < -0.4 is 15.5 Å². The minimum absolute atomic E-state index is 0.0698. The van der Waals surface area contributed by atoms with Crippen molar-refractivity contribution >= 4 is 39.1 Å². The molecule has 5 nitrogen and oxygen atoms in total. The van der Waals surface area contributed by atoms with Gasteiger partial charge in [-0.25, -0.2) is 0 Å². The van der Waals surface area contributed by atoms with Gasteiger partial charge in [0.25, 0.3) is 5.91 Å². The van der Waals surface area contributed by atoms with E-state index in [-0.39, 0.29) is 18.4 Å². The Morgan fingerprint density at radius 2 is 1.80 bits per heavy atom. The maximum Gasteiger partial charge on any atom is 0.251 e. The van der Waals surface area contributed by atoms with Crippen molar-refractivity contribution in [2.45, 2.75) is 12.8 Å². The Bertz CT molecular complexity index is 773. The molecule has 0 saturated carbocycles. The zero-order chi connectivity index (χ0) is 17.6. The molecule has 0 aromatic heterocycles. The molecule has 1 heterocycles. The van der Waals surface area contributed by atoms with E-state index in [1.807, 2.05) is 30.3 Å². The molecule has 0 bridgehead atoms. The van der Waals surface area contributed by atoms with E-state index in [0.717, 1.165) is 28.9 Å². The number of para-hydroxylation sites is 2. The highest BCUT2D eigenvalue weighted by Gasteiger charge is 2.16. The first-order chi connectivity index (χ1) is 12.1. The van der Waals surface area contributed by atoms with Crippen molar-refractivity contribution in [2.75, 3.05) is 29.9 Å².